The molecular weight excluding hydrogens is 246 g/mol. The lowest BCUT2D eigenvalue weighted by molar-refractivity contribution is 1.30. The molecule has 0 saturated carbocycles. The van der Waals surface area contributed by atoms with Crippen molar-refractivity contribution >= 4 is 27.3 Å². The van der Waals surface area contributed by atoms with Crippen molar-refractivity contribution in [3.63, 3.8) is 0 Å². The van der Waals surface area contributed by atoms with Crippen molar-refractivity contribution in [2.45, 2.75) is 6.85 Å². The lowest BCUT2D eigenvalue weighted by Gasteiger charge is -1.95. The summed E-state index contributed by atoms with van der Waals surface area (Å²) >= 11 is 4.22. The van der Waals surface area contributed by atoms with E-state index >= 15 is 0 Å². The van der Waals surface area contributed by atoms with Crippen LogP contribution < -0.4 is 0 Å². The number of aryl methyl sites for hydroxylation is 1. The first-order chi connectivity index (χ1) is 7.88. The first kappa shape index (κ1) is 5.27. The van der Waals surface area contributed by atoms with Crippen LogP contribution in [0.3, 0.4) is 0 Å². The summed E-state index contributed by atoms with van der Waals surface area (Å²) < 4.78 is 30.5. The summed E-state index contributed by atoms with van der Waals surface area (Å²) in [6.45, 7) is -2.24. The second-order valence-electron chi connectivity index (χ2n) is 2.48. The van der Waals surface area contributed by atoms with Gasteiger partial charge in [0.05, 0.1) is 12.1 Å². The number of aromatic nitrogens is 1. The zero-order chi connectivity index (χ0) is 12.6. The van der Waals surface area contributed by atoms with E-state index in [-0.39, 0.29) is 10.4 Å². The zero-order valence-electron chi connectivity index (χ0n) is 10.5. The molecule has 1 nitrogen and oxygen atoms in total. The largest absolute Gasteiger partial charge is 0.242 e. The maximum absolute atomic E-state index is 7.76. The van der Waals surface area contributed by atoms with E-state index in [0.717, 1.165) is 21.4 Å². The molecule has 0 aliphatic rings. The average Bonchev–Trinajstić information content (AvgIpc) is 2.61. The van der Waals surface area contributed by atoms with Crippen molar-refractivity contribution in [2.75, 3.05) is 0 Å². The molecule has 0 unspecified atom stereocenters. The Morgan fingerprint density at radius 2 is 2.23 bits per heavy atom. The summed E-state index contributed by atoms with van der Waals surface area (Å²) in [5.41, 5.74) is 1.18. The SMILES string of the molecule is [2H]c1sc(C([2H])([2H])[2H])nc1-c1ccc(Br)cc1. The molecule has 1 aromatic carbocycles. The molecule has 1 heterocycles. The van der Waals surface area contributed by atoms with Gasteiger partial charge in [-0.15, -0.1) is 11.3 Å². The summed E-state index contributed by atoms with van der Waals surface area (Å²) in [7, 11) is 0. The summed E-state index contributed by atoms with van der Waals surface area (Å²) in [5.74, 6) is 0. The Labute approximate surface area is 95.2 Å². The second-order valence-corrected chi connectivity index (χ2v) is 4.19. The van der Waals surface area contributed by atoms with Gasteiger partial charge in [-0.2, -0.15) is 0 Å². The van der Waals surface area contributed by atoms with Crippen LogP contribution in [0.5, 0.6) is 0 Å². The molecule has 0 radical (unpaired) electrons. The Kier molecular flexibility index (Phi) is 1.46. The maximum atomic E-state index is 7.76. The zero-order valence-corrected chi connectivity index (χ0v) is 8.95. The molecule has 0 atom stereocenters. The highest BCUT2D eigenvalue weighted by Gasteiger charge is 2.00. The van der Waals surface area contributed by atoms with Gasteiger partial charge in [0, 0.05) is 19.5 Å². The Hall–Kier alpha value is -0.670. The number of hydrogen-bond donors (Lipinski definition) is 0. The van der Waals surface area contributed by atoms with Crippen molar-refractivity contribution in [3.05, 3.63) is 39.1 Å². The first-order valence-electron chi connectivity index (χ1n) is 5.62. The molecule has 0 amide bonds. The highest BCUT2D eigenvalue weighted by molar-refractivity contribution is 9.10. The normalized spacial score (nSPS) is 15.8. The maximum Gasteiger partial charge on any atom is 0.0901 e. The van der Waals surface area contributed by atoms with E-state index in [2.05, 4.69) is 20.9 Å². The molecular formula is C10H8BrNS. The van der Waals surface area contributed by atoms with E-state index in [9.17, 15) is 0 Å². The second kappa shape index (κ2) is 3.60. The topological polar surface area (TPSA) is 12.9 Å². The fourth-order valence-corrected chi connectivity index (χ4v) is 1.73. The predicted molar refractivity (Wildman–Crippen MR) is 60.0 cm³/mol. The lowest BCUT2D eigenvalue weighted by atomic mass is 10.2. The highest BCUT2D eigenvalue weighted by Crippen LogP contribution is 2.22. The average molecular weight is 258 g/mol. The fraction of sp³-hybridized carbons (Fsp3) is 0.100. The minimum atomic E-state index is -2.24. The molecule has 2 rings (SSSR count). The third-order valence-corrected chi connectivity index (χ3v) is 2.68. The summed E-state index contributed by atoms with van der Waals surface area (Å²) in [4.78, 5) is 4.03. The minimum absolute atomic E-state index is 0.0143. The van der Waals surface area contributed by atoms with Crippen LogP contribution in [0.4, 0.5) is 0 Å². The molecule has 0 aliphatic heterocycles. The number of nitrogens with zero attached hydrogens (tertiary/aromatic N) is 1. The standard InChI is InChI=1S/C10H8BrNS/c1-7-12-10(6-13-7)8-2-4-9(11)5-3-8/h2-6H,1H3/i1D3,6D. The molecule has 0 aliphatic carbocycles. The van der Waals surface area contributed by atoms with Crippen LogP contribution in [0.15, 0.2) is 34.1 Å². The van der Waals surface area contributed by atoms with Crippen LogP contribution in [0.25, 0.3) is 11.3 Å². The molecule has 0 saturated heterocycles. The summed E-state index contributed by atoms with van der Waals surface area (Å²) in [6, 6.07) is 7.28. The van der Waals surface area contributed by atoms with Crippen LogP contribution in [-0.2, 0) is 0 Å². The Balaban J connectivity index is 2.46. The molecule has 0 bridgehead atoms. The summed E-state index contributed by atoms with van der Waals surface area (Å²) in [6.07, 6.45) is 0. The first-order valence-corrected chi connectivity index (χ1v) is 5.23. The number of hydrogen-bond acceptors (Lipinski definition) is 2. The molecule has 0 fully saturated rings. The number of halogens is 1. The quantitative estimate of drug-likeness (QED) is 0.756. The summed E-state index contributed by atoms with van der Waals surface area (Å²) in [5, 5.41) is 0.193. The molecule has 0 N–H and O–H groups in total. The van der Waals surface area contributed by atoms with Crippen molar-refractivity contribution in [1.82, 2.24) is 4.98 Å². The van der Waals surface area contributed by atoms with Crippen LogP contribution in [0.2, 0.25) is 0 Å². The third kappa shape index (κ3) is 1.98. The minimum Gasteiger partial charge on any atom is -0.242 e. The molecule has 3 heteroatoms. The van der Waals surface area contributed by atoms with Gasteiger partial charge in [0.2, 0.25) is 0 Å². The monoisotopic (exact) mass is 257 g/mol. The highest BCUT2D eigenvalue weighted by atomic mass is 79.9. The molecule has 13 heavy (non-hydrogen) atoms. The van der Waals surface area contributed by atoms with Gasteiger partial charge < -0.3 is 0 Å². The van der Waals surface area contributed by atoms with E-state index in [1.807, 2.05) is 12.1 Å². The van der Waals surface area contributed by atoms with Gasteiger partial charge in [-0.3, -0.25) is 0 Å². The van der Waals surface area contributed by atoms with Gasteiger partial charge in [-0.1, -0.05) is 28.1 Å². The van der Waals surface area contributed by atoms with Gasteiger partial charge in [0.25, 0.3) is 0 Å². The molecule has 2 aromatic rings. The van der Waals surface area contributed by atoms with Gasteiger partial charge in [0.15, 0.2) is 0 Å². The van der Waals surface area contributed by atoms with Crippen LogP contribution in [-0.4, -0.2) is 4.98 Å². The Bertz CT molecular complexity index is 532. The van der Waals surface area contributed by atoms with Gasteiger partial charge in [-0.05, 0) is 19.0 Å². The smallest absolute Gasteiger partial charge is 0.0901 e. The van der Waals surface area contributed by atoms with E-state index in [0.29, 0.717) is 5.69 Å². The van der Waals surface area contributed by atoms with E-state index in [1.165, 1.54) is 0 Å². The Morgan fingerprint density at radius 3 is 2.85 bits per heavy atom. The molecule has 66 valence electrons. The van der Waals surface area contributed by atoms with Gasteiger partial charge in [0.1, 0.15) is 0 Å². The fourth-order valence-electron chi connectivity index (χ4n) is 0.975. The molecule has 1 aromatic heterocycles. The van der Waals surface area contributed by atoms with Crippen molar-refractivity contribution < 1.29 is 5.48 Å². The van der Waals surface area contributed by atoms with E-state index in [1.54, 1.807) is 12.1 Å². The third-order valence-electron chi connectivity index (χ3n) is 1.58. The van der Waals surface area contributed by atoms with E-state index < -0.39 is 6.85 Å². The number of rotatable bonds is 1. The lowest BCUT2D eigenvalue weighted by Crippen LogP contribution is -1.76. The number of thiazole rings is 1. The van der Waals surface area contributed by atoms with Gasteiger partial charge in [-0.25, -0.2) is 4.98 Å². The predicted octanol–water partition coefficient (Wildman–Crippen LogP) is 3.88. The van der Waals surface area contributed by atoms with Crippen LogP contribution in [0, 0.1) is 6.85 Å². The molecule has 0 spiro atoms. The Morgan fingerprint density at radius 1 is 1.46 bits per heavy atom. The van der Waals surface area contributed by atoms with Crippen molar-refractivity contribution in [1.29, 1.82) is 0 Å². The van der Waals surface area contributed by atoms with Crippen LogP contribution in [0.1, 0.15) is 10.5 Å². The van der Waals surface area contributed by atoms with Crippen molar-refractivity contribution in [2.24, 2.45) is 0 Å². The van der Waals surface area contributed by atoms with Crippen LogP contribution >= 0.6 is 27.3 Å². The van der Waals surface area contributed by atoms with E-state index in [4.69, 9.17) is 5.48 Å². The van der Waals surface area contributed by atoms with Gasteiger partial charge >= 0.3 is 0 Å². The number of benzene rings is 1. The van der Waals surface area contributed by atoms with Crippen molar-refractivity contribution in [3.8, 4) is 11.3 Å².